The number of nitrogens with zero attached hydrogens (tertiary/aromatic N) is 3. The lowest BCUT2D eigenvalue weighted by molar-refractivity contribution is -0.141. The second-order valence-corrected chi connectivity index (χ2v) is 6.47. The van der Waals surface area contributed by atoms with Crippen LogP contribution in [0.25, 0.3) is 0 Å². The Morgan fingerprint density at radius 3 is 2.64 bits per heavy atom. The molecule has 1 aromatic rings. The minimum absolute atomic E-state index is 0.0168. The van der Waals surface area contributed by atoms with Crippen LogP contribution in [0.4, 0.5) is 13.2 Å². The maximum atomic E-state index is 12.7. The zero-order valence-corrected chi connectivity index (χ0v) is 13.5. The van der Waals surface area contributed by atoms with Gasteiger partial charge in [-0.2, -0.15) is 13.2 Å². The van der Waals surface area contributed by atoms with Crippen LogP contribution in [0.1, 0.15) is 30.7 Å². The van der Waals surface area contributed by atoms with Gasteiger partial charge in [-0.25, -0.2) is 4.98 Å². The zero-order valence-electron chi connectivity index (χ0n) is 13.5. The molecule has 0 N–H and O–H groups in total. The molecule has 0 bridgehead atoms. The standard InChI is InChI=1S/C16H24F3N3/c1-21(2)15(9-5-11-22(3)12-15)10-8-13-6-4-7-14(20-13)16(17,18)19/h4,6-7H,5,8-12H2,1-3H3/t15-/m1/s1. The molecule has 1 atom stereocenters. The second-order valence-electron chi connectivity index (χ2n) is 6.47. The first-order chi connectivity index (χ1) is 10.2. The van der Waals surface area contributed by atoms with Crippen LogP contribution >= 0.6 is 0 Å². The minimum atomic E-state index is -4.37. The summed E-state index contributed by atoms with van der Waals surface area (Å²) in [5.41, 5.74) is -0.267. The Morgan fingerprint density at radius 2 is 2.05 bits per heavy atom. The molecule has 0 unspecified atom stereocenters. The zero-order chi connectivity index (χ0) is 16.4. The molecule has 2 rings (SSSR count). The normalized spacial score (nSPS) is 24.0. The van der Waals surface area contributed by atoms with Crippen molar-refractivity contribution in [1.82, 2.24) is 14.8 Å². The van der Waals surface area contributed by atoms with Gasteiger partial charge in [0.25, 0.3) is 0 Å². The first-order valence-electron chi connectivity index (χ1n) is 7.62. The number of aromatic nitrogens is 1. The van der Waals surface area contributed by atoms with Crippen LogP contribution in [0.15, 0.2) is 18.2 Å². The highest BCUT2D eigenvalue weighted by Gasteiger charge is 2.36. The number of piperidine rings is 1. The molecule has 1 aromatic heterocycles. The maximum absolute atomic E-state index is 12.7. The summed E-state index contributed by atoms with van der Waals surface area (Å²) in [6, 6.07) is 4.16. The highest BCUT2D eigenvalue weighted by molar-refractivity contribution is 5.14. The molecule has 0 aromatic carbocycles. The molecular weight excluding hydrogens is 291 g/mol. The summed E-state index contributed by atoms with van der Waals surface area (Å²) >= 11 is 0. The molecule has 2 heterocycles. The number of likely N-dealkylation sites (N-methyl/N-ethyl adjacent to an activating group) is 2. The number of alkyl halides is 3. The summed E-state index contributed by atoms with van der Waals surface area (Å²) in [5, 5.41) is 0. The first-order valence-corrected chi connectivity index (χ1v) is 7.62. The largest absolute Gasteiger partial charge is 0.433 e. The van der Waals surface area contributed by atoms with E-state index in [4.69, 9.17) is 0 Å². The lowest BCUT2D eigenvalue weighted by Crippen LogP contribution is -2.55. The predicted octanol–water partition coefficient (Wildman–Crippen LogP) is 3.06. The van der Waals surface area contributed by atoms with Gasteiger partial charge in [0.15, 0.2) is 0 Å². The van der Waals surface area contributed by atoms with Crippen LogP contribution in [0.3, 0.4) is 0 Å². The number of halogens is 3. The van der Waals surface area contributed by atoms with Gasteiger partial charge in [0.2, 0.25) is 0 Å². The molecule has 1 fully saturated rings. The van der Waals surface area contributed by atoms with Crippen molar-refractivity contribution in [3.05, 3.63) is 29.6 Å². The Labute approximate surface area is 130 Å². The van der Waals surface area contributed by atoms with E-state index in [1.165, 1.54) is 6.07 Å². The first kappa shape index (κ1) is 17.2. The highest BCUT2D eigenvalue weighted by atomic mass is 19.4. The van der Waals surface area contributed by atoms with E-state index in [0.717, 1.165) is 38.4 Å². The molecule has 1 aliphatic rings. The number of pyridine rings is 1. The van der Waals surface area contributed by atoms with Gasteiger partial charge in [0.1, 0.15) is 5.69 Å². The third-order valence-electron chi connectivity index (χ3n) is 4.64. The van der Waals surface area contributed by atoms with Crippen molar-refractivity contribution in [1.29, 1.82) is 0 Å². The van der Waals surface area contributed by atoms with E-state index in [1.54, 1.807) is 6.07 Å². The smallest absolute Gasteiger partial charge is 0.305 e. The number of hydrogen-bond donors (Lipinski definition) is 0. The monoisotopic (exact) mass is 315 g/mol. The fourth-order valence-corrected chi connectivity index (χ4v) is 3.27. The van der Waals surface area contributed by atoms with Crippen molar-refractivity contribution in [2.45, 2.75) is 37.4 Å². The van der Waals surface area contributed by atoms with Crippen LogP contribution < -0.4 is 0 Å². The van der Waals surface area contributed by atoms with Crippen molar-refractivity contribution in [2.24, 2.45) is 0 Å². The Bertz CT molecular complexity index is 502. The maximum Gasteiger partial charge on any atom is 0.433 e. The molecule has 0 aliphatic carbocycles. The molecule has 22 heavy (non-hydrogen) atoms. The molecule has 6 heteroatoms. The molecule has 1 aliphatic heterocycles. The minimum Gasteiger partial charge on any atom is -0.305 e. The van der Waals surface area contributed by atoms with Crippen molar-refractivity contribution >= 4 is 0 Å². The van der Waals surface area contributed by atoms with Crippen molar-refractivity contribution in [2.75, 3.05) is 34.2 Å². The highest BCUT2D eigenvalue weighted by Crippen LogP contribution is 2.31. The van der Waals surface area contributed by atoms with E-state index >= 15 is 0 Å². The fraction of sp³-hybridized carbons (Fsp3) is 0.688. The van der Waals surface area contributed by atoms with Gasteiger partial charge in [-0.05, 0) is 65.5 Å². The summed E-state index contributed by atoms with van der Waals surface area (Å²) in [6.07, 6.45) is -0.803. The Morgan fingerprint density at radius 1 is 1.32 bits per heavy atom. The van der Waals surface area contributed by atoms with E-state index in [9.17, 15) is 13.2 Å². The van der Waals surface area contributed by atoms with Crippen molar-refractivity contribution in [3.8, 4) is 0 Å². The van der Waals surface area contributed by atoms with E-state index in [-0.39, 0.29) is 5.54 Å². The predicted molar refractivity (Wildman–Crippen MR) is 80.7 cm³/mol. The molecule has 0 radical (unpaired) electrons. The molecule has 0 amide bonds. The molecule has 0 saturated carbocycles. The van der Waals surface area contributed by atoms with E-state index in [0.29, 0.717) is 12.1 Å². The molecule has 124 valence electrons. The average Bonchev–Trinajstić information content (AvgIpc) is 2.44. The third kappa shape index (κ3) is 3.98. The third-order valence-corrected chi connectivity index (χ3v) is 4.64. The van der Waals surface area contributed by atoms with Crippen molar-refractivity contribution in [3.63, 3.8) is 0 Å². The van der Waals surface area contributed by atoms with E-state index in [1.807, 2.05) is 0 Å². The summed E-state index contributed by atoms with van der Waals surface area (Å²) in [7, 11) is 6.21. The SMILES string of the molecule is CN1CCC[C@](CCc2cccc(C(F)(F)F)n2)(N(C)C)C1. The van der Waals surface area contributed by atoms with Gasteiger partial charge >= 0.3 is 6.18 Å². The van der Waals surface area contributed by atoms with Crippen molar-refractivity contribution < 1.29 is 13.2 Å². The van der Waals surface area contributed by atoms with Crippen LogP contribution in [-0.2, 0) is 12.6 Å². The van der Waals surface area contributed by atoms with Crippen LogP contribution in [0.2, 0.25) is 0 Å². The van der Waals surface area contributed by atoms with E-state index in [2.05, 4.69) is 35.9 Å². The van der Waals surface area contributed by atoms with Gasteiger partial charge < -0.3 is 9.80 Å². The van der Waals surface area contributed by atoms with E-state index < -0.39 is 11.9 Å². The molecule has 0 spiro atoms. The summed E-state index contributed by atoms with van der Waals surface area (Å²) < 4.78 is 38.2. The van der Waals surface area contributed by atoms with Gasteiger partial charge in [-0.15, -0.1) is 0 Å². The lowest BCUT2D eigenvalue weighted by Gasteiger charge is -2.46. The Kier molecular flexibility index (Phi) is 5.12. The van der Waals surface area contributed by atoms with Gasteiger partial charge in [0, 0.05) is 17.8 Å². The fourth-order valence-electron chi connectivity index (χ4n) is 3.27. The summed E-state index contributed by atoms with van der Waals surface area (Å²) in [4.78, 5) is 8.29. The number of likely N-dealkylation sites (tertiary alicyclic amines) is 1. The second kappa shape index (κ2) is 6.54. The van der Waals surface area contributed by atoms with Crippen LogP contribution in [-0.4, -0.2) is 54.6 Å². The Balaban J connectivity index is 2.10. The van der Waals surface area contributed by atoms with Crippen LogP contribution in [0.5, 0.6) is 0 Å². The summed E-state index contributed by atoms with van der Waals surface area (Å²) in [5.74, 6) is 0. The van der Waals surface area contributed by atoms with Gasteiger partial charge in [-0.3, -0.25) is 0 Å². The average molecular weight is 315 g/mol. The van der Waals surface area contributed by atoms with Gasteiger partial charge in [-0.1, -0.05) is 6.07 Å². The summed E-state index contributed by atoms with van der Waals surface area (Å²) in [6.45, 7) is 2.02. The quantitative estimate of drug-likeness (QED) is 0.851. The topological polar surface area (TPSA) is 19.4 Å². The van der Waals surface area contributed by atoms with Crippen LogP contribution in [0, 0.1) is 0 Å². The number of aryl methyl sites for hydroxylation is 1. The van der Waals surface area contributed by atoms with Gasteiger partial charge in [0.05, 0.1) is 0 Å². The molecular formula is C16H24F3N3. The Hall–Kier alpha value is -1.14. The number of hydrogen-bond acceptors (Lipinski definition) is 3. The molecule has 1 saturated heterocycles. The lowest BCUT2D eigenvalue weighted by atomic mass is 9.83. The number of rotatable bonds is 4. The molecule has 3 nitrogen and oxygen atoms in total.